The lowest BCUT2D eigenvalue weighted by Gasteiger charge is -2.53. The maximum Gasteiger partial charge on any atom is 0.233 e. The molecule has 2 bridgehead atoms. The predicted molar refractivity (Wildman–Crippen MR) is 138 cm³/mol. The largest absolute Gasteiger partial charge is 0.497 e. The molecule has 2 aromatic carbocycles. The number of hydrogen-bond acceptors (Lipinski definition) is 6. The molecule has 2 heterocycles. The smallest absolute Gasteiger partial charge is 0.233 e. The molecule has 0 saturated heterocycles. The first-order valence-corrected chi connectivity index (χ1v) is 12.7. The molecule has 36 heavy (non-hydrogen) atoms. The van der Waals surface area contributed by atoms with Gasteiger partial charge in [0.1, 0.15) is 11.2 Å². The van der Waals surface area contributed by atoms with Gasteiger partial charge < -0.3 is 10.1 Å². The van der Waals surface area contributed by atoms with E-state index in [1.165, 1.54) is 11.3 Å². The lowest BCUT2D eigenvalue weighted by molar-refractivity contribution is -0.127. The van der Waals surface area contributed by atoms with Gasteiger partial charge >= 0.3 is 0 Å². The Hall–Kier alpha value is -4.02. The zero-order chi connectivity index (χ0) is 24.9. The number of fused-ring (bicyclic) bond motifs is 1. The summed E-state index contributed by atoms with van der Waals surface area (Å²) in [5, 5.41) is 16.1. The number of methoxy groups -OCH3 is 1. The number of nitrogens with zero attached hydrogens (tertiary/aromatic N) is 3. The van der Waals surface area contributed by atoms with Gasteiger partial charge in [0.2, 0.25) is 5.91 Å². The summed E-state index contributed by atoms with van der Waals surface area (Å²) in [6, 6.07) is 22.3. The third kappa shape index (κ3) is 3.25. The first kappa shape index (κ1) is 22.4. The lowest BCUT2D eigenvalue weighted by Crippen LogP contribution is -2.54. The molecule has 178 valence electrons. The number of aromatic nitrogens is 2. The van der Waals surface area contributed by atoms with Gasteiger partial charge in [-0.3, -0.25) is 9.78 Å². The van der Waals surface area contributed by atoms with Gasteiger partial charge in [0.05, 0.1) is 30.0 Å². The van der Waals surface area contributed by atoms with Crippen molar-refractivity contribution in [2.24, 2.45) is 5.41 Å². The van der Waals surface area contributed by atoms with Gasteiger partial charge in [0.15, 0.2) is 5.13 Å². The summed E-state index contributed by atoms with van der Waals surface area (Å²) >= 11 is 1.42. The van der Waals surface area contributed by atoms with Gasteiger partial charge in [-0.1, -0.05) is 42.5 Å². The molecule has 2 aromatic heterocycles. The molecule has 4 aromatic rings. The van der Waals surface area contributed by atoms with Crippen molar-refractivity contribution < 1.29 is 9.53 Å². The number of nitriles is 1. The van der Waals surface area contributed by atoms with Crippen LogP contribution in [0.15, 0.2) is 72.2 Å². The average molecular weight is 493 g/mol. The number of carbonyl (C=O) groups is 1. The van der Waals surface area contributed by atoms with Crippen molar-refractivity contribution in [3.63, 3.8) is 0 Å². The second-order valence-corrected chi connectivity index (χ2v) is 10.6. The standard InChI is InChI=1S/C29H24N4O2S/c1-28(26(34)33-27-32-19(15-36-27)14-18-9-11-20(35-2)12-10-18)16-29(17-30)23-8-4-3-6-21(23)24(28)22-7-5-13-31-25(22)29/h3-13,15,24H,14,16H2,1-2H3,(H,32,33,34). The zero-order valence-electron chi connectivity index (χ0n) is 20.0. The Morgan fingerprint density at radius 3 is 2.72 bits per heavy atom. The van der Waals surface area contributed by atoms with E-state index in [0.29, 0.717) is 18.0 Å². The van der Waals surface area contributed by atoms with Crippen LogP contribution in [-0.4, -0.2) is 23.0 Å². The summed E-state index contributed by atoms with van der Waals surface area (Å²) in [6.45, 7) is 1.97. The van der Waals surface area contributed by atoms with E-state index in [2.05, 4.69) is 21.4 Å². The summed E-state index contributed by atoms with van der Waals surface area (Å²) in [7, 11) is 1.65. The molecular formula is C29H24N4O2S. The summed E-state index contributed by atoms with van der Waals surface area (Å²) in [5.41, 5.74) is 3.95. The second kappa shape index (κ2) is 8.28. The van der Waals surface area contributed by atoms with E-state index >= 15 is 0 Å². The van der Waals surface area contributed by atoms with Crippen molar-refractivity contribution in [1.82, 2.24) is 9.97 Å². The molecule has 0 saturated carbocycles. The van der Waals surface area contributed by atoms with Crippen LogP contribution in [0.2, 0.25) is 0 Å². The van der Waals surface area contributed by atoms with E-state index in [9.17, 15) is 10.1 Å². The minimum atomic E-state index is -0.962. The van der Waals surface area contributed by atoms with Crippen molar-refractivity contribution in [2.45, 2.75) is 31.1 Å². The van der Waals surface area contributed by atoms with Crippen LogP contribution in [0.3, 0.4) is 0 Å². The summed E-state index contributed by atoms with van der Waals surface area (Å²) < 4.78 is 5.23. The normalized spacial score (nSPS) is 23.3. The highest BCUT2D eigenvalue weighted by atomic mass is 32.1. The molecule has 1 amide bonds. The Balaban J connectivity index is 1.31. The monoisotopic (exact) mass is 492 g/mol. The van der Waals surface area contributed by atoms with Crippen LogP contribution in [0, 0.1) is 16.7 Å². The molecule has 3 unspecified atom stereocenters. The molecule has 0 spiro atoms. The van der Waals surface area contributed by atoms with Gasteiger partial charge in [-0.2, -0.15) is 5.26 Å². The third-order valence-electron chi connectivity index (χ3n) is 7.58. The zero-order valence-corrected chi connectivity index (χ0v) is 20.8. The number of benzene rings is 2. The Kier molecular flexibility index (Phi) is 5.16. The van der Waals surface area contributed by atoms with Gasteiger partial charge in [0, 0.05) is 23.9 Å². The van der Waals surface area contributed by atoms with Gasteiger partial charge in [-0.15, -0.1) is 11.3 Å². The maximum absolute atomic E-state index is 13.9. The van der Waals surface area contributed by atoms with Crippen LogP contribution < -0.4 is 10.1 Å². The van der Waals surface area contributed by atoms with Crippen LogP contribution in [0.4, 0.5) is 5.13 Å². The summed E-state index contributed by atoms with van der Waals surface area (Å²) in [4.78, 5) is 23.2. The molecule has 6 nitrogen and oxygen atoms in total. The number of pyridine rings is 1. The van der Waals surface area contributed by atoms with Gasteiger partial charge in [-0.05, 0) is 53.8 Å². The Morgan fingerprint density at radius 1 is 1.17 bits per heavy atom. The second-order valence-electron chi connectivity index (χ2n) is 9.70. The molecule has 0 aliphatic heterocycles. The molecule has 7 rings (SSSR count). The number of ether oxygens (including phenoxy) is 1. The number of nitrogens with one attached hydrogen (secondary N) is 1. The number of anilines is 1. The van der Waals surface area contributed by atoms with E-state index in [4.69, 9.17) is 4.74 Å². The summed E-state index contributed by atoms with van der Waals surface area (Å²) in [6.07, 6.45) is 2.77. The first-order valence-electron chi connectivity index (χ1n) is 11.8. The number of hydrogen-bond donors (Lipinski definition) is 1. The van der Waals surface area contributed by atoms with Crippen LogP contribution in [0.25, 0.3) is 0 Å². The van der Waals surface area contributed by atoms with Crippen molar-refractivity contribution in [2.75, 3.05) is 12.4 Å². The highest BCUT2D eigenvalue weighted by Gasteiger charge is 2.61. The number of rotatable bonds is 5. The molecule has 0 fully saturated rings. The average Bonchev–Trinajstić information content (AvgIpc) is 3.35. The third-order valence-corrected chi connectivity index (χ3v) is 8.39. The quantitative estimate of drug-likeness (QED) is 0.401. The van der Waals surface area contributed by atoms with E-state index in [1.54, 1.807) is 13.3 Å². The predicted octanol–water partition coefficient (Wildman–Crippen LogP) is 5.44. The molecule has 3 aliphatic carbocycles. The minimum absolute atomic E-state index is 0.124. The van der Waals surface area contributed by atoms with Crippen LogP contribution in [0.5, 0.6) is 5.75 Å². The van der Waals surface area contributed by atoms with Crippen molar-refractivity contribution in [1.29, 1.82) is 5.26 Å². The minimum Gasteiger partial charge on any atom is -0.497 e. The van der Waals surface area contributed by atoms with Crippen molar-refractivity contribution in [3.05, 3.63) is 106 Å². The van der Waals surface area contributed by atoms with Gasteiger partial charge in [-0.25, -0.2) is 4.98 Å². The Bertz CT molecular complexity index is 1470. The number of carbonyl (C=O) groups excluding carboxylic acids is 1. The van der Waals surface area contributed by atoms with Crippen LogP contribution in [-0.2, 0) is 16.6 Å². The van der Waals surface area contributed by atoms with Crippen molar-refractivity contribution >= 4 is 22.4 Å². The topological polar surface area (TPSA) is 87.9 Å². The molecule has 3 atom stereocenters. The van der Waals surface area contributed by atoms with Crippen LogP contribution >= 0.6 is 11.3 Å². The molecule has 3 aliphatic rings. The fourth-order valence-electron chi connectivity index (χ4n) is 5.96. The Labute approximate surface area is 213 Å². The fraction of sp³-hybridized carbons (Fsp3) is 0.241. The van der Waals surface area contributed by atoms with E-state index in [1.807, 2.05) is 73.0 Å². The fourth-order valence-corrected chi connectivity index (χ4v) is 6.67. The highest BCUT2D eigenvalue weighted by Crippen LogP contribution is 2.63. The Morgan fingerprint density at radius 2 is 1.94 bits per heavy atom. The first-order chi connectivity index (χ1) is 17.5. The SMILES string of the molecule is COc1ccc(Cc2csc(NC(=O)C3(C)CC4(C#N)c5ccccc5C3c3cccnc34)n2)cc1. The van der Waals surface area contributed by atoms with E-state index in [-0.39, 0.29) is 11.8 Å². The summed E-state index contributed by atoms with van der Waals surface area (Å²) in [5.74, 6) is 0.501. The molecule has 7 heteroatoms. The highest BCUT2D eigenvalue weighted by molar-refractivity contribution is 7.13. The van der Waals surface area contributed by atoms with E-state index in [0.717, 1.165) is 39.4 Å². The molecule has 0 radical (unpaired) electrons. The number of thiazole rings is 1. The number of amides is 1. The molecular weight excluding hydrogens is 468 g/mol. The van der Waals surface area contributed by atoms with Gasteiger partial charge in [0.25, 0.3) is 0 Å². The lowest BCUT2D eigenvalue weighted by atomic mass is 9.48. The van der Waals surface area contributed by atoms with Crippen LogP contribution in [0.1, 0.15) is 52.9 Å². The maximum atomic E-state index is 13.9. The molecule has 1 N–H and O–H groups in total. The van der Waals surface area contributed by atoms with E-state index < -0.39 is 10.8 Å². The van der Waals surface area contributed by atoms with Crippen molar-refractivity contribution in [3.8, 4) is 11.8 Å².